The molecule has 1 saturated heterocycles. The summed E-state index contributed by atoms with van der Waals surface area (Å²) in [5, 5.41) is 9.47. The first-order valence-electron chi connectivity index (χ1n) is 12.0. The lowest BCUT2D eigenvalue weighted by molar-refractivity contribution is -0.137. The minimum absolute atomic E-state index is 0.0693. The van der Waals surface area contributed by atoms with E-state index in [1.54, 1.807) is 23.9 Å². The lowest BCUT2D eigenvalue weighted by atomic mass is 9.89. The summed E-state index contributed by atoms with van der Waals surface area (Å²) in [4.78, 5) is 6.81. The van der Waals surface area contributed by atoms with E-state index in [1.807, 2.05) is 25.5 Å². The number of fused-ring (bicyclic) bond motifs is 1. The predicted molar refractivity (Wildman–Crippen MR) is 128 cm³/mol. The van der Waals surface area contributed by atoms with Gasteiger partial charge in [0.05, 0.1) is 11.3 Å². The SMILES string of the molecule is Cc1nc(C)c(-c2nnc(SCCCN3CC[C@H]4C[C@@]4(c4ccc(C(F)(F)F)cc4)CC3)n2C)o1. The number of alkyl halides is 3. The Morgan fingerprint density at radius 3 is 2.60 bits per heavy atom. The van der Waals surface area contributed by atoms with Crippen molar-refractivity contribution in [2.75, 3.05) is 25.4 Å². The van der Waals surface area contributed by atoms with Gasteiger partial charge in [0.25, 0.3) is 0 Å². The number of halogens is 3. The number of thioether (sulfide) groups is 1. The number of hydrogen-bond donors (Lipinski definition) is 0. The van der Waals surface area contributed by atoms with Crippen molar-refractivity contribution in [1.29, 1.82) is 0 Å². The molecule has 6 nitrogen and oxygen atoms in total. The second-order valence-electron chi connectivity index (χ2n) is 9.73. The van der Waals surface area contributed by atoms with Crippen LogP contribution in [0.15, 0.2) is 33.8 Å². The van der Waals surface area contributed by atoms with Crippen LogP contribution < -0.4 is 0 Å². The molecule has 0 bridgehead atoms. The van der Waals surface area contributed by atoms with Crippen molar-refractivity contribution in [3.63, 3.8) is 0 Å². The minimum Gasteiger partial charge on any atom is -0.437 e. The van der Waals surface area contributed by atoms with Crippen LogP contribution in [0.3, 0.4) is 0 Å². The zero-order chi connectivity index (χ0) is 24.8. The van der Waals surface area contributed by atoms with Crippen LogP contribution in [0.5, 0.6) is 0 Å². The van der Waals surface area contributed by atoms with Crippen molar-refractivity contribution in [3.05, 3.63) is 47.0 Å². The maximum atomic E-state index is 12.9. The number of likely N-dealkylation sites (tertiary alicyclic amines) is 1. The Kier molecular flexibility index (Phi) is 6.46. The largest absolute Gasteiger partial charge is 0.437 e. The van der Waals surface area contributed by atoms with Crippen LogP contribution in [-0.2, 0) is 18.6 Å². The monoisotopic (exact) mass is 505 g/mol. The quantitative estimate of drug-likeness (QED) is 0.306. The molecule has 0 amide bonds. The molecule has 2 fully saturated rings. The zero-order valence-corrected chi connectivity index (χ0v) is 21.0. The van der Waals surface area contributed by atoms with Crippen LogP contribution in [0.25, 0.3) is 11.6 Å². The fraction of sp³-hybridized carbons (Fsp3) is 0.560. The van der Waals surface area contributed by atoms with Crippen LogP contribution in [0.4, 0.5) is 13.2 Å². The molecule has 0 N–H and O–H groups in total. The van der Waals surface area contributed by atoms with Gasteiger partial charge >= 0.3 is 6.18 Å². The molecular formula is C25H30F3N5OS. The third-order valence-electron chi connectivity index (χ3n) is 7.48. The van der Waals surface area contributed by atoms with E-state index in [2.05, 4.69) is 20.1 Å². The summed E-state index contributed by atoms with van der Waals surface area (Å²) in [5.74, 6) is 3.48. The van der Waals surface area contributed by atoms with Crippen molar-refractivity contribution in [2.45, 2.75) is 56.3 Å². The van der Waals surface area contributed by atoms with Crippen molar-refractivity contribution in [1.82, 2.24) is 24.6 Å². The van der Waals surface area contributed by atoms with E-state index >= 15 is 0 Å². The molecule has 1 aliphatic carbocycles. The average Bonchev–Trinajstić information content (AvgIpc) is 3.33. The highest BCUT2D eigenvalue weighted by molar-refractivity contribution is 7.99. The van der Waals surface area contributed by atoms with E-state index in [1.165, 1.54) is 12.1 Å². The second-order valence-corrected chi connectivity index (χ2v) is 10.8. The molecule has 2 aliphatic rings. The first-order valence-corrected chi connectivity index (χ1v) is 13.0. The standard InChI is InChI=1S/C25H30F3N5OS/c1-16-21(34-17(2)29-16)22-30-31-23(32(22)3)35-14-4-11-33-12-9-20-15-24(20,10-13-33)18-5-7-19(8-6-18)25(26,27)28/h5-8,20H,4,9-15H2,1-3H3/t20-,24+/m0/s1. The lowest BCUT2D eigenvalue weighted by Crippen LogP contribution is -2.27. The molecule has 5 rings (SSSR count). The molecule has 0 radical (unpaired) electrons. The van der Waals surface area contributed by atoms with E-state index < -0.39 is 11.7 Å². The van der Waals surface area contributed by atoms with Crippen LogP contribution in [-0.4, -0.2) is 50.0 Å². The fourth-order valence-corrected chi connectivity index (χ4v) is 6.25. The van der Waals surface area contributed by atoms with Crippen LogP contribution >= 0.6 is 11.8 Å². The minimum atomic E-state index is -4.28. The topological polar surface area (TPSA) is 60.0 Å². The smallest absolute Gasteiger partial charge is 0.416 e. The maximum Gasteiger partial charge on any atom is 0.416 e. The van der Waals surface area contributed by atoms with Gasteiger partial charge in [-0.25, -0.2) is 4.98 Å². The summed E-state index contributed by atoms with van der Waals surface area (Å²) >= 11 is 1.69. The molecule has 0 spiro atoms. The van der Waals surface area contributed by atoms with Crippen molar-refractivity contribution in [2.24, 2.45) is 13.0 Å². The molecule has 2 aromatic heterocycles. The van der Waals surface area contributed by atoms with Gasteiger partial charge in [-0.3, -0.25) is 0 Å². The number of oxazole rings is 1. The van der Waals surface area contributed by atoms with Gasteiger partial charge < -0.3 is 13.9 Å². The summed E-state index contributed by atoms with van der Waals surface area (Å²) in [6.45, 7) is 6.77. The normalized spacial score (nSPS) is 22.7. The van der Waals surface area contributed by atoms with Crippen LogP contribution in [0, 0.1) is 19.8 Å². The molecule has 0 unspecified atom stereocenters. The zero-order valence-electron chi connectivity index (χ0n) is 20.2. The van der Waals surface area contributed by atoms with E-state index in [0.717, 1.165) is 67.5 Å². The highest BCUT2D eigenvalue weighted by Gasteiger charge is 2.55. The van der Waals surface area contributed by atoms with Gasteiger partial charge in [0.15, 0.2) is 16.8 Å². The molecule has 2 atom stereocenters. The Morgan fingerprint density at radius 2 is 1.91 bits per heavy atom. The number of nitrogens with zero attached hydrogens (tertiary/aromatic N) is 5. The third-order valence-corrected chi connectivity index (χ3v) is 8.58. The average molecular weight is 506 g/mol. The number of aromatic nitrogens is 4. The van der Waals surface area contributed by atoms with Crippen LogP contribution in [0.1, 0.15) is 48.4 Å². The molecule has 3 aromatic rings. The molecule has 1 aliphatic heterocycles. The molecule has 3 heterocycles. The number of hydrogen-bond acceptors (Lipinski definition) is 6. The van der Waals surface area contributed by atoms with Gasteiger partial charge in [0.2, 0.25) is 5.82 Å². The Bertz CT molecular complexity index is 1190. The van der Waals surface area contributed by atoms with Gasteiger partial charge in [-0.05, 0) is 81.3 Å². The Hall–Kier alpha value is -2.33. The molecule has 188 valence electrons. The summed E-state index contributed by atoms with van der Waals surface area (Å²) < 4.78 is 46.4. The van der Waals surface area contributed by atoms with Gasteiger partial charge in [-0.1, -0.05) is 23.9 Å². The summed E-state index contributed by atoms with van der Waals surface area (Å²) in [6, 6.07) is 5.88. The number of rotatable bonds is 7. The second kappa shape index (κ2) is 9.28. The molecule has 1 saturated carbocycles. The summed E-state index contributed by atoms with van der Waals surface area (Å²) in [6.07, 6.45) is -0.0283. The van der Waals surface area contributed by atoms with Gasteiger partial charge in [-0.15, -0.1) is 10.2 Å². The van der Waals surface area contributed by atoms with E-state index in [9.17, 15) is 13.2 Å². The molecular weight excluding hydrogens is 475 g/mol. The molecule has 35 heavy (non-hydrogen) atoms. The Balaban J connectivity index is 1.12. The lowest BCUT2D eigenvalue weighted by Gasteiger charge is -2.22. The Labute approximate surface area is 207 Å². The van der Waals surface area contributed by atoms with Gasteiger partial charge in [-0.2, -0.15) is 13.2 Å². The first kappa shape index (κ1) is 24.4. The van der Waals surface area contributed by atoms with Gasteiger partial charge in [0, 0.05) is 19.7 Å². The van der Waals surface area contributed by atoms with E-state index in [-0.39, 0.29) is 5.41 Å². The number of aryl methyl sites for hydroxylation is 2. The Morgan fingerprint density at radius 1 is 1.14 bits per heavy atom. The maximum absolute atomic E-state index is 12.9. The highest BCUT2D eigenvalue weighted by Crippen LogP contribution is 2.59. The summed E-state index contributed by atoms with van der Waals surface area (Å²) in [5.41, 5.74) is 1.38. The third kappa shape index (κ3) is 4.87. The summed E-state index contributed by atoms with van der Waals surface area (Å²) in [7, 11) is 1.94. The molecule has 10 heteroatoms. The molecule has 1 aromatic carbocycles. The van der Waals surface area contributed by atoms with E-state index in [4.69, 9.17) is 4.42 Å². The van der Waals surface area contributed by atoms with Gasteiger partial charge in [0.1, 0.15) is 0 Å². The van der Waals surface area contributed by atoms with E-state index in [0.29, 0.717) is 23.4 Å². The van der Waals surface area contributed by atoms with Crippen molar-refractivity contribution < 1.29 is 17.6 Å². The number of benzene rings is 1. The van der Waals surface area contributed by atoms with Crippen LogP contribution in [0.2, 0.25) is 0 Å². The first-order chi connectivity index (χ1) is 16.7. The van der Waals surface area contributed by atoms with Crippen molar-refractivity contribution >= 4 is 11.8 Å². The van der Waals surface area contributed by atoms with Crippen molar-refractivity contribution in [3.8, 4) is 11.6 Å². The highest BCUT2D eigenvalue weighted by atomic mass is 32.2. The predicted octanol–water partition coefficient (Wildman–Crippen LogP) is 5.64. The fourth-order valence-electron chi connectivity index (χ4n) is 5.41.